The Morgan fingerprint density at radius 3 is 2.41 bits per heavy atom. The van der Waals surface area contributed by atoms with Crippen molar-refractivity contribution < 1.29 is 14.4 Å². The molecular weight excluding hydrogens is 458 g/mol. The number of aliphatic hydroxyl groups is 1. The molecule has 4 heteroatoms. The number of aliphatic hydroxyl groups excluding tert-OH is 1. The van der Waals surface area contributed by atoms with Gasteiger partial charge in [0.1, 0.15) is 11.5 Å². The van der Waals surface area contributed by atoms with Gasteiger partial charge in [-0.15, -0.1) is 0 Å². The first-order valence-corrected chi connectivity index (χ1v) is 15.0. The largest absolute Gasteiger partial charge is 0.396 e. The zero-order chi connectivity index (χ0) is 27.7. The standard InChI is InChI=1S/C33H55NO3/c1-22-18-28(3,4)13-15-33(22,21-35)16-14-29(5,6)32(10)12-11-25-30(7,8)27-24(20-34-37-27)19-31(25,9)26(32)17-23(2)36/h20,22,25-26,35H,11-19,21H2,1-10H3/t22?,25-,26+,31-,32+,33+/m0/s1. The lowest BCUT2D eigenvalue weighted by Crippen LogP contribution is -2.60. The van der Waals surface area contributed by atoms with E-state index in [4.69, 9.17) is 4.52 Å². The molecule has 4 rings (SSSR count). The van der Waals surface area contributed by atoms with Crippen molar-refractivity contribution >= 4 is 5.78 Å². The third kappa shape index (κ3) is 4.55. The summed E-state index contributed by atoms with van der Waals surface area (Å²) in [4.78, 5) is 12.8. The van der Waals surface area contributed by atoms with Crippen LogP contribution in [0.3, 0.4) is 0 Å². The highest BCUT2D eigenvalue weighted by atomic mass is 16.5. The molecule has 0 aliphatic heterocycles. The molecule has 0 radical (unpaired) electrons. The Morgan fingerprint density at radius 1 is 1.14 bits per heavy atom. The summed E-state index contributed by atoms with van der Waals surface area (Å²) in [5.41, 5.74) is 1.62. The zero-order valence-corrected chi connectivity index (χ0v) is 25.6. The monoisotopic (exact) mass is 513 g/mol. The Morgan fingerprint density at radius 2 is 1.81 bits per heavy atom. The number of fused-ring (bicyclic) bond motifs is 2. The van der Waals surface area contributed by atoms with Crippen LogP contribution in [-0.4, -0.2) is 22.7 Å². The van der Waals surface area contributed by atoms with E-state index >= 15 is 0 Å². The number of rotatable bonds is 7. The van der Waals surface area contributed by atoms with Gasteiger partial charge < -0.3 is 14.4 Å². The van der Waals surface area contributed by atoms with E-state index in [2.05, 4.69) is 67.5 Å². The second kappa shape index (κ2) is 9.20. The molecule has 0 aromatic carbocycles. The van der Waals surface area contributed by atoms with E-state index in [9.17, 15) is 9.90 Å². The van der Waals surface area contributed by atoms with Crippen molar-refractivity contribution in [2.45, 2.75) is 132 Å². The summed E-state index contributed by atoms with van der Waals surface area (Å²) in [6.45, 7) is 23.8. The minimum Gasteiger partial charge on any atom is -0.396 e. The van der Waals surface area contributed by atoms with Gasteiger partial charge in [-0.25, -0.2) is 0 Å². The first kappa shape index (κ1) is 28.8. The van der Waals surface area contributed by atoms with Crippen LogP contribution in [0.2, 0.25) is 0 Å². The third-order valence-corrected chi connectivity index (χ3v) is 12.8. The van der Waals surface area contributed by atoms with Gasteiger partial charge in [-0.3, -0.25) is 0 Å². The van der Waals surface area contributed by atoms with Crippen LogP contribution in [0.5, 0.6) is 0 Å². The summed E-state index contributed by atoms with van der Waals surface area (Å²) in [6.07, 6.45) is 11.4. The molecule has 0 bridgehead atoms. The quantitative estimate of drug-likeness (QED) is 0.399. The average molecular weight is 514 g/mol. The van der Waals surface area contributed by atoms with Gasteiger partial charge in [-0.2, -0.15) is 0 Å². The highest BCUT2D eigenvalue weighted by molar-refractivity contribution is 5.76. The summed E-state index contributed by atoms with van der Waals surface area (Å²) in [5.74, 6) is 2.63. The molecule has 210 valence electrons. The lowest BCUT2D eigenvalue weighted by molar-refractivity contribution is -0.156. The first-order valence-electron chi connectivity index (χ1n) is 15.0. The molecule has 1 aromatic rings. The molecule has 4 nitrogen and oxygen atoms in total. The number of Topliss-reactive ketones (excluding diaryl/α,β-unsaturated/α-hetero) is 1. The minimum atomic E-state index is -0.0926. The molecule has 2 fully saturated rings. The number of nitrogens with zero attached hydrogens (tertiary/aromatic N) is 1. The van der Waals surface area contributed by atoms with Crippen LogP contribution >= 0.6 is 0 Å². The van der Waals surface area contributed by atoms with Gasteiger partial charge in [-0.05, 0) is 103 Å². The summed E-state index contributed by atoms with van der Waals surface area (Å²) >= 11 is 0. The maximum Gasteiger partial charge on any atom is 0.145 e. The fourth-order valence-corrected chi connectivity index (χ4v) is 9.91. The predicted molar refractivity (Wildman–Crippen MR) is 150 cm³/mol. The topological polar surface area (TPSA) is 63.3 Å². The molecule has 3 aliphatic rings. The smallest absolute Gasteiger partial charge is 0.145 e. The van der Waals surface area contributed by atoms with Crippen molar-refractivity contribution in [3.05, 3.63) is 17.5 Å². The summed E-state index contributed by atoms with van der Waals surface area (Å²) in [6, 6.07) is 0. The van der Waals surface area contributed by atoms with Crippen LogP contribution in [0, 0.1) is 44.8 Å². The lowest BCUT2D eigenvalue weighted by atomic mass is 9.38. The molecule has 37 heavy (non-hydrogen) atoms. The molecule has 1 N–H and O–H groups in total. The van der Waals surface area contributed by atoms with Crippen molar-refractivity contribution in [3.8, 4) is 0 Å². The molecule has 0 spiro atoms. The van der Waals surface area contributed by atoms with Crippen molar-refractivity contribution in [3.63, 3.8) is 0 Å². The summed E-state index contributed by atoms with van der Waals surface area (Å²) in [5, 5.41) is 14.9. The second-order valence-electron chi connectivity index (χ2n) is 16.2. The van der Waals surface area contributed by atoms with E-state index in [0.717, 1.165) is 44.3 Å². The van der Waals surface area contributed by atoms with Crippen molar-refractivity contribution in [2.24, 2.45) is 44.8 Å². The number of hydrogen-bond donors (Lipinski definition) is 1. The second-order valence-corrected chi connectivity index (χ2v) is 16.2. The van der Waals surface area contributed by atoms with Crippen LogP contribution in [0.1, 0.15) is 132 Å². The number of aromatic nitrogens is 1. The highest BCUT2D eigenvalue weighted by Crippen LogP contribution is 2.69. The molecule has 2 saturated carbocycles. The van der Waals surface area contributed by atoms with Gasteiger partial charge in [0.25, 0.3) is 0 Å². The SMILES string of the molecule is CC(=O)C[C@@H]1[C@@]2(C)Cc3cnoc3C(C)(C)[C@@H]2CC[C@@]1(C)C(C)(C)CC[C@@]1(CO)CCC(C)(C)CC1C. The fourth-order valence-electron chi connectivity index (χ4n) is 9.91. The van der Waals surface area contributed by atoms with Gasteiger partial charge in [-0.1, -0.05) is 67.5 Å². The van der Waals surface area contributed by atoms with E-state index < -0.39 is 0 Å². The number of carbonyl (C=O) groups is 1. The van der Waals surface area contributed by atoms with Crippen molar-refractivity contribution in [1.82, 2.24) is 5.16 Å². The van der Waals surface area contributed by atoms with Crippen LogP contribution in [0.4, 0.5) is 0 Å². The maximum absolute atomic E-state index is 12.8. The molecule has 0 saturated heterocycles. The normalized spacial score (nSPS) is 39.1. The lowest BCUT2D eigenvalue weighted by Gasteiger charge is -2.65. The Labute approximate surface area is 226 Å². The van der Waals surface area contributed by atoms with E-state index in [1.807, 2.05) is 6.20 Å². The number of hydrogen-bond acceptors (Lipinski definition) is 4. The number of carbonyl (C=O) groups excluding carboxylic acids is 1. The fraction of sp³-hybridized carbons (Fsp3) is 0.879. The molecule has 0 amide bonds. The summed E-state index contributed by atoms with van der Waals surface area (Å²) < 4.78 is 5.81. The molecule has 1 aromatic heterocycles. The molecule has 6 atom stereocenters. The average Bonchev–Trinajstić information content (AvgIpc) is 3.24. The Hall–Kier alpha value is -1.16. The predicted octanol–water partition coefficient (Wildman–Crippen LogP) is 8.16. The van der Waals surface area contributed by atoms with Crippen LogP contribution < -0.4 is 0 Å². The number of ketones is 1. The Kier molecular flexibility index (Phi) is 7.17. The van der Waals surface area contributed by atoms with E-state index in [1.165, 1.54) is 18.4 Å². The van der Waals surface area contributed by atoms with E-state index in [-0.39, 0.29) is 33.7 Å². The van der Waals surface area contributed by atoms with E-state index in [1.54, 1.807) is 6.92 Å². The summed E-state index contributed by atoms with van der Waals surface area (Å²) in [7, 11) is 0. The van der Waals surface area contributed by atoms with Gasteiger partial charge in [0.05, 0.1) is 6.20 Å². The molecule has 1 heterocycles. The molecule has 3 aliphatic carbocycles. The van der Waals surface area contributed by atoms with E-state index in [0.29, 0.717) is 35.4 Å². The molecular formula is C33H55NO3. The van der Waals surface area contributed by atoms with Gasteiger partial charge in [0, 0.05) is 24.0 Å². The Bertz CT molecular complexity index is 1000. The van der Waals surface area contributed by atoms with Crippen LogP contribution in [-0.2, 0) is 16.6 Å². The van der Waals surface area contributed by atoms with Crippen LogP contribution in [0.15, 0.2) is 10.7 Å². The van der Waals surface area contributed by atoms with Gasteiger partial charge >= 0.3 is 0 Å². The van der Waals surface area contributed by atoms with Crippen molar-refractivity contribution in [1.29, 1.82) is 0 Å². The Balaban J connectivity index is 1.67. The third-order valence-electron chi connectivity index (χ3n) is 12.8. The molecule has 1 unspecified atom stereocenters. The van der Waals surface area contributed by atoms with Crippen molar-refractivity contribution in [2.75, 3.05) is 6.61 Å². The highest BCUT2D eigenvalue weighted by Gasteiger charge is 2.63. The first-order chi connectivity index (χ1) is 16.9. The zero-order valence-electron chi connectivity index (χ0n) is 25.6. The van der Waals surface area contributed by atoms with Gasteiger partial charge in [0.15, 0.2) is 0 Å². The van der Waals surface area contributed by atoms with Crippen LogP contribution in [0.25, 0.3) is 0 Å². The minimum absolute atomic E-state index is 0.00874. The maximum atomic E-state index is 12.8. The van der Waals surface area contributed by atoms with Gasteiger partial charge in [0.2, 0.25) is 0 Å².